The Morgan fingerprint density at radius 3 is 2.79 bits per heavy atom. The summed E-state index contributed by atoms with van der Waals surface area (Å²) in [6.45, 7) is 4.52. The largest absolute Gasteiger partial charge is 0.497 e. The Bertz CT molecular complexity index is 1250. The molecule has 9 heteroatoms. The van der Waals surface area contributed by atoms with Gasteiger partial charge >= 0.3 is 0 Å². The molecule has 3 heterocycles. The van der Waals surface area contributed by atoms with Gasteiger partial charge in [0.15, 0.2) is 11.5 Å². The van der Waals surface area contributed by atoms with E-state index < -0.39 is 0 Å². The van der Waals surface area contributed by atoms with Crippen LogP contribution < -0.4 is 10.2 Å². The lowest BCUT2D eigenvalue weighted by Gasteiger charge is -2.26. The summed E-state index contributed by atoms with van der Waals surface area (Å²) in [7, 11) is 1.64. The first-order valence-corrected chi connectivity index (χ1v) is 10.8. The molecule has 2 aromatic heterocycles. The molecule has 33 heavy (non-hydrogen) atoms. The van der Waals surface area contributed by atoms with Gasteiger partial charge in [-0.15, -0.1) is 0 Å². The van der Waals surface area contributed by atoms with Crippen LogP contribution in [0.3, 0.4) is 0 Å². The third-order valence-electron chi connectivity index (χ3n) is 5.54. The predicted octanol–water partition coefficient (Wildman–Crippen LogP) is 3.10. The topological polar surface area (TPSA) is 89.7 Å². The van der Waals surface area contributed by atoms with Crippen LogP contribution in [0.2, 0.25) is 0 Å². The van der Waals surface area contributed by atoms with Crippen LogP contribution in [-0.2, 0) is 11.3 Å². The number of anilines is 1. The quantitative estimate of drug-likeness (QED) is 0.347. The zero-order valence-corrected chi connectivity index (χ0v) is 18.4. The van der Waals surface area contributed by atoms with E-state index in [1.807, 2.05) is 24.3 Å². The molecule has 0 aliphatic carbocycles. The first kappa shape index (κ1) is 21.0. The zero-order valence-electron chi connectivity index (χ0n) is 18.4. The molecule has 1 aliphatic rings. The molecular formula is C24H25N7O2. The molecule has 0 amide bonds. The van der Waals surface area contributed by atoms with E-state index in [-0.39, 0.29) is 0 Å². The van der Waals surface area contributed by atoms with E-state index in [9.17, 15) is 0 Å². The van der Waals surface area contributed by atoms with E-state index >= 15 is 0 Å². The summed E-state index contributed by atoms with van der Waals surface area (Å²) < 4.78 is 12.5. The first-order valence-electron chi connectivity index (χ1n) is 10.8. The number of ether oxygens (including phenoxy) is 2. The number of rotatable bonds is 7. The summed E-state index contributed by atoms with van der Waals surface area (Å²) in [5.74, 6) is 1.35. The van der Waals surface area contributed by atoms with Gasteiger partial charge in [-0.1, -0.05) is 30.3 Å². The van der Waals surface area contributed by atoms with E-state index in [0.29, 0.717) is 11.5 Å². The normalized spacial score (nSPS) is 14.7. The lowest BCUT2D eigenvalue weighted by molar-refractivity contribution is 0.0342. The Hall–Kier alpha value is -3.82. The van der Waals surface area contributed by atoms with Gasteiger partial charge in [-0.25, -0.2) is 14.6 Å². The van der Waals surface area contributed by atoms with Gasteiger partial charge in [-0.2, -0.15) is 10.2 Å². The lowest BCUT2D eigenvalue weighted by Crippen LogP contribution is -2.35. The molecule has 1 saturated heterocycles. The third kappa shape index (κ3) is 4.84. The van der Waals surface area contributed by atoms with Crippen LogP contribution in [0.5, 0.6) is 5.75 Å². The van der Waals surface area contributed by atoms with Crippen LogP contribution in [0.15, 0.2) is 66.2 Å². The Labute approximate surface area is 191 Å². The second-order valence-electron chi connectivity index (χ2n) is 7.72. The van der Waals surface area contributed by atoms with Gasteiger partial charge < -0.3 is 9.47 Å². The molecule has 5 rings (SSSR count). The van der Waals surface area contributed by atoms with Crippen molar-refractivity contribution in [1.82, 2.24) is 24.6 Å². The van der Waals surface area contributed by atoms with Crippen molar-refractivity contribution < 1.29 is 9.47 Å². The van der Waals surface area contributed by atoms with Gasteiger partial charge in [-0.05, 0) is 23.3 Å². The van der Waals surface area contributed by atoms with Crippen molar-refractivity contribution in [3.63, 3.8) is 0 Å². The maximum absolute atomic E-state index is 5.41. The summed E-state index contributed by atoms with van der Waals surface area (Å²) in [5.41, 5.74) is 6.85. The highest BCUT2D eigenvalue weighted by Gasteiger charge is 2.12. The third-order valence-corrected chi connectivity index (χ3v) is 5.54. The fraction of sp³-hybridized carbons (Fsp3) is 0.250. The van der Waals surface area contributed by atoms with Crippen LogP contribution in [-0.4, -0.2) is 64.3 Å². The highest BCUT2D eigenvalue weighted by molar-refractivity contribution is 5.88. The standard InChI is InChI=1S/C24H25N7O2/c1-32-21-4-2-3-20(13-21)31-24-22(15-28-31)23(25-17-26-24)29-27-14-18-5-7-19(8-6-18)16-30-9-11-33-12-10-30/h2-8,13-15,17H,9-12,16H2,1H3,(H,25,26,29). The van der Waals surface area contributed by atoms with Gasteiger partial charge in [0.05, 0.1) is 43.8 Å². The molecule has 0 bridgehead atoms. The van der Waals surface area contributed by atoms with Crippen molar-refractivity contribution in [3.05, 3.63) is 72.2 Å². The Balaban J connectivity index is 1.28. The maximum atomic E-state index is 5.41. The molecule has 0 atom stereocenters. The zero-order chi connectivity index (χ0) is 22.5. The minimum absolute atomic E-state index is 0.592. The minimum atomic E-state index is 0.592. The molecule has 9 nitrogen and oxygen atoms in total. The molecule has 0 saturated carbocycles. The van der Waals surface area contributed by atoms with E-state index in [1.165, 1.54) is 11.9 Å². The van der Waals surface area contributed by atoms with Crippen molar-refractivity contribution in [2.45, 2.75) is 6.54 Å². The highest BCUT2D eigenvalue weighted by Crippen LogP contribution is 2.23. The van der Waals surface area contributed by atoms with Crippen molar-refractivity contribution in [2.24, 2.45) is 5.10 Å². The molecule has 168 valence electrons. The van der Waals surface area contributed by atoms with Gasteiger partial charge in [0, 0.05) is 25.7 Å². The molecule has 0 radical (unpaired) electrons. The first-order chi connectivity index (χ1) is 16.3. The fourth-order valence-electron chi connectivity index (χ4n) is 3.76. The van der Waals surface area contributed by atoms with Crippen molar-refractivity contribution >= 4 is 23.1 Å². The Kier molecular flexibility index (Phi) is 6.23. The second-order valence-corrected chi connectivity index (χ2v) is 7.72. The lowest BCUT2D eigenvalue weighted by atomic mass is 10.1. The van der Waals surface area contributed by atoms with Crippen molar-refractivity contribution in [2.75, 3.05) is 38.8 Å². The van der Waals surface area contributed by atoms with Crippen LogP contribution in [0, 0.1) is 0 Å². The number of nitrogens with zero attached hydrogens (tertiary/aromatic N) is 6. The molecule has 1 N–H and O–H groups in total. The number of aromatic nitrogens is 4. The van der Waals surface area contributed by atoms with Crippen LogP contribution >= 0.6 is 0 Å². The minimum Gasteiger partial charge on any atom is -0.497 e. The number of hydrogen-bond acceptors (Lipinski definition) is 8. The van der Waals surface area contributed by atoms with Gasteiger partial charge in [-0.3, -0.25) is 10.3 Å². The van der Waals surface area contributed by atoms with Crippen molar-refractivity contribution in [1.29, 1.82) is 0 Å². The molecule has 2 aromatic carbocycles. The summed E-state index contributed by atoms with van der Waals surface area (Å²) in [5, 5.41) is 9.62. The molecular weight excluding hydrogens is 418 g/mol. The van der Waals surface area contributed by atoms with Crippen molar-refractivity contribution in [3.8, 4) is 11.4 Å². The number of hydrogen-bond donors (Lipinski definition) is 1. The van der Waals surface area contributed by atoms with Crippen LogP contribution in [0.4, 0.5) is 5.82 Å². The molecule has 4 aromatic rings. The number of morpholine rings is 1. The number of methoxy groups -OCH3 is 1. The van der Waals surface area contributed by atoms with Crippen LogP contribution in [0.25, 0.3) is 16.7 Å². The SMILES string of the molecule is COc1cccc(-n2ncc3c(NN=Cc4ccc(CN5CCOCC5)cc4)ncnc32)c1. The van der Waals surface area contributed by atoms with E-state index in [2.05, 4.69) is 54.8 Å². The van der Waals surface area contributed by atoms with E-state index in [1.54, 1.807) is 24.2 Å². The number of nitrogens with one attached hydrogen (secondary N) is 1. The van der Waals surface area contributed by atoms with Gasteiger partial charge in [0.1, 0.15) is 12.1 Å². The van der Waals surface area contributed by atoms with Crippen LogP contribution in [0.1, 0.15) is 11.1 Å². The summed E-state index contributed by atoms with van der Waals surface area (Å²) in [6.07, 6.45) is 5.00. The Morgan fingerprint density at radius 2 is 1.97 bits per heavy atom. The van der Waals surface area contributed by atoms with E-state index in [0.717, 1.165) is 55.2 Å². The highest BCUT2D eigenvalue weighted by atomic mass is 16.5. The second kappa shape index (κ2) is 9.76. The maximum Gasteiger partial charge on any atom is 0.168 e. The average molecular weight is 444 g/mol. The number of hydrazone groups is 1. The summed E-state index contributed by atoms with van der Waals surface area (Å²) in [6, 6.07) is 16.1. The van der Waals surface area contributed by atoms with E-state index in [4.69, 9.17) is 9.47 Å². The molecule has 1 fully saturated rings. The Morgan fingerprint density at radius 1 is 1.12 bits per heavy atom. The molecule has 0 spiro atoms. The molecule has 0 unspecified atom stereocenters. The number of benzene rings is 2. The van der Waals surface area contributed by atoms with Gasteiger partial charge in [0.25, 0.3) is 0 Å². The smallest absolute Gasteiger partial charge is 0.168 e. The average Bonchev–Trinajstić information content (AvgIpc) is 3.31. The number of fused-ring (bicyclic) bond motifs is 1. The summed E-state index contributed by atoms with van der Waals surface area (Å²) in [4.78, 5) is 11.1. The van der Waals surface area contributed by atoms with Gasteiger partial charge in [0.2, 0.25) is 0 Å². The fourth-order valence-corrected chi connectivity index (χ4v) is 3.76. The predicted molar refractivity (Wildman–Crippen MR) is 127 cm³/mol. The monoisotopic (exact) mass is 443 g/mol. The summed E-state index contributed by atoms with van der Waals surface area (Å²) >= 11 is 0. The molecule has 1 aliphatic heterocycles.